The van der Waals surface area contributed by atoms with Crippen LogP contribution in [0.2, 0.25) is 0 Å². The fourth-order valence-electron chi connectivity index (χ4n) is 2.89. The van der Waals surface area contributed by atoms with Gasteiger partial charge in [0.1, 0.15) is 0 Å². The van der Waals surface area contributed by atoms with Crippen molar-refractivity contribution in [3.05, 3.63) is 34.4 Å². The van der Waals surface area contributed by atoms with Gasteiger partial charge in [-0.25, -0.2) is 0 Å². The molecule has 0 unspecified atom stereocenters. The molecule has 0 radical (unpaired) electrons. The molecule has 1 heterocycles. The Kier molecular flexibility index (Phi) is 5.54. The van der Waals surface area contributed by atoms with Crippen LogP contribution < -0.4 is 10.6 Å². The van der Waals surface area contributed by atoms with Crippen molar-refractivity contribution in [1.82, 2.24) is 0 Å². The normalized spacial score (nSPS) is 14.4. The number of aryl methyl sites for hydroxylation is 2. The van der Waals surface area contributed by atoms with Crippen LogP contribution in [0.3, 0.4) is 0 Å². The van der Waals surface area contributed by atoms with Gasteiger partial charge in [0.2, 0.25) is 5.91 Å². The van der Waals surface area contributed by atoms with Gasteiger partial charge in [0.15, 0.2) is 0 Å². The smallest absolute Gasteiger partial charge is 0.257 e. The highest BCUT2D eigenvalue weighted by Gasteiger charge is 2.20. The van der Waals surface area contributed by atoms with E-state index in [4.69, 9.17) is 5.41 Å². The molecule has 24 heavy (non-hydrogen) atoms. The summed E-state index contributed by atoms with van der Waals surface area (Å²) in [6, 6.07) is 3.77. The van der Waals surface area contributed by atoms with Crippen molar-refractivity contribution in [3.63, 3.8) is 0 Å². The highest BCUT2D eigenvalue weighted by atomic mass is 16.2. The van der Waals surface area contributed by atoms with E-state index in [0.29, 0.717) is 36.2 Å². The molecule has 0 saturated heterocycles. The molecule has 2 rings (SSSR count). The minimum absolute atomic E-state index is 0.0302. The van der Waals surface area contributed by atoms with Crippen molar-refractivity contribution in [2.75, 3.05) is 10.6 Å². The maximum atomic E-state index is 12.7. The minimum Gasteiger partial charge on any atom is -0.326 e. The lowest BCUT2D eigenvalue weighted by Gasteiger charge is -2.21. The molecule has 1 aliphatic rings. The summed E-state index contributed by atoms with van der Waals surface area (Å²) in [6.07, 6.45) is 2.40. The molecule has 1 aromatic carbocycles. The van der Waals surface area contributed by atoms with Gasteiger partial charge in [0.05, 0.1) is 5.57 Å². The van der Waals surface area contributed by atoms with Crippen LogP contribution in [0.25, 0.3) is 0 Å². The lowest BCUT2D eigenvalue weighted by atomic mass is 9.97. The molecule has 3 N–H and O–H groups in total. The first-order chi connectivity index (χ1) is 11.4. The van der Waals surface area contributed by atoms with E-state index < -0.39 is 0 Å². The highest BCUT2D eigenvalue weighted by molar-refractivity contribution is 6.24. The van der Waals surface area contributed by atoms with E-state index in [1.54, 1.807) is 0 Å². The van der Waals surface area contributed by atoms with Gasteiger partial charge in [0.25, 0.3) is 5.91 Å². The topological polar surface area (TPSA) is 82.1 Å². The van der Waals surface area contributed by atoms with Gasteiger partial charge < -0.3 is 16.0 Å². The van der Waals surface area contributed by atoms with Crippen molar-refractivity contribution in [2.24, 2.45) is 0 Å². The second-order valence-corrected chi connectivity index (χ2v) is 6.17. The number of rotatable bonds is 5. The summed E-state index contributed by atoms with van der Waals surface area (Å²) in [5.41, 5.74) is 5.27. The molecular formula is C19H25N3O2. The molecule has 0 atom stereocenters. The second-order valence-electron chi connectivity index (χ2n) is 6.17. The van der Waals surface area contributed by atoms with Gasteiger partial charge in [0, 0.05) is 23.5 Å². The number of nitrogens with one attached hydrogen (secondary N) is 3. The number of hydrogen-bond donors (Lipinski definition) is 3. The molecule has 128 valence electrons. The first-order valence-electron chi connectivity index (χ1n) is 8.39. The fourth-order valence-corrected chi connectivity index (χ4v) is 2.89. The van der Waals surface area contributed by atoms with E-state index in [0.717, 1.165) is 28.8 Å². The predicted molar refractivity (Wildman–Crippen MR) is 97.8 cm³/mol. The molecule has 1 aliphatic heterocycles. The monoisotopic (exact) mass is 327 g/mol. The maximum Gasteiger partial charge on any atom is 0.257 e. The van der Waals surface area contributed by atoms with Crippen LogP contribution in [0.15, 0.2) is 23.3 Å². The third-order valence-corrected chi connectivity index (χ3v) is 4.40. The van der Waals surface area contributed by atoms with E-state index in [1.165, 1.54) is 0 Å². The standard InChI is InChI=1S/C19H25N3O2/c1-5-11(3)17(15(20)6-2)19(24)21-14-9-12(4)18-13(10-14)7-8-16(23)22-18/h9-10,20H,5-8H2,1-4H3,(H,21,24)(H,22,23). The lowest BCUT2D eigenvalue weighted by molar-refractivity contribution is -0.116. The predicted octanol–water partition coefficient (Wildman–Crippen LogP) is 3.97. The summed E-state index contributed by atoms with van der Waals surface area (Å²) < 4.78 is 0. The number of allylic oxidation sites excluding steroid dienone is 1. The van der Waals surface area contributed by atoms with E-state index in [2.05, 4.69) is 10.6 Å². The molecule has 5 nitrogen and oxygen atoms in total. The Bertz CT molecular complexity index is 732. The first kappa shape index (κ1) is 17.9. The molecule has 0 aromatic heterocycles. The SMILES string of the molecule is CCC(=N)C(C(=O)Nc1cc(C)c2c(c1)CCC(=O)N2)=C(C)CC. The van der Waals surface area contributed by atoms with Gasteiger partial charge in [-0.2, -0.15) is 0 Å². The average molecular weight is 327 g/mol. The van der Waals surface area contributed by atoms with Crippen LogP contribution in [0.5, 0.6) is 0 Å². The number of hydrogen-bond acceptors (Lipinski definition) is 3. The van der Waals surface area contributed by atoms with Gasteiger partial charge in [-0.15, -0.1) is 0 Å². The van der Waals surface area contributed by atoms with Crippen molar-refractivity contribution < 1.29 is 9.59 Å². The molecule has 0 spiro atoms. The Morgan fingerprint density at radius 1 is 1.25 bits per heavy atom. The third-order valence-electron chi connectivity index (χ3n) is 4.40. The molecular weight excluding hydrogens is 302 g/mol. The van der Waals surface area contributed by atoms with Crippen LogP contribution in [0, 0.1) is 12.3 Å². The molecule has 1 aromatic rings. The number of fused-ring (bicyclic) bond motifs is 1. The molecule has 2 amide bonds. The van der Waals surface area contributed by atoms with Crippen LogP contribution >= 0.6 is 0 Å². The van der Waals surface area contributed by atoms with Crippen molar-refractivity contribution in [3.8, 4) is 0 Å². The number of anilines is 2. The largest absolute Gasteiger partial charge is 0.326 e. The Morgan fingerprint density at radius 3 is 2.58 bits per heavy atom. The molecule has 0 bridgehead atoms. The minimum atomic E-state index is -0.236. The van der Waals surface area contributed by atoms with E-state index in [-0.39, 0.29) is 11.8 Å². The molecule has 0 saturated carbocycles. The summed E-state index contributed by atoms with van der Waals surface area (Å²) in [5, 5.41) is 13.9. The first-order valence-corrected chi connectivity index (χ1v) is 8.39. The molecule has 0 aliphatic carbocycles. The highest BCUT2D eigenvalue weighted by Crippen LogP contribution is 2.30. The van der Waals surface area contributed by atoms with Gasteiger partial charge in [-0.3, -0.25) is 9.59 Å². The second kappa shape index (κ2) is 7.43. The van der Waals surface area contributed by atoms with Crippen molar-refractivity contribution in [1.29, 1.82) is 5.41 Å². The molecule has 0 fully saturated rings. The zero-order valence-electron chi connectivity index (χ0n) is 14.8. The van der Waals surface area contributed by atoms with Gasteiger partial charge in [-0.05, 0) is 56.4 Å². The summed E-state index contributed by atoms with van der Waals surface area (Å²) in [5.74, 6) is -0.206. The number of amides is 2. The van der Waals surface area contributed by atoms with Crippen LogP contribution in [0.4, 0.5) is 11.4 Å². The van der Waals surface area contributed by atoms with E-state index >= 15 is 0 Å². The number of carbonyl (C=O) groups excluding carboxylic acids is 2. The zero-order valence-corrected chi connectivity index (χ0v) is 14.8. The Labute approximate surface area is 143 Å². The lowest BCUT2D eigenvalue weighted by Crippen LogP contribution is -2.23. The average Bonchev–Trinajstić information content (AvgIpc) is 2.55. The van der Waals surface area contributed by atoms with Crippen molar-refractivity contribution in [2.45, 2.75) is 53.4 Å². The number of carbonyl (C=O) groups is 2. The summed E-state index contributed by atoms with van der Waals surface area (Å²) in [6.45, 7) is 7.68. The quantitative estimate of drug-likeness (QED) is 0.565. The van der Waals surface area contributed by atoms with E-state index in [1.807, 2.05) is 39.8 Å². The van der Waals surface area contributed by atoms with Crippen LogP contribution in [-0.2, 0) is 16.0 Å². The zero-order chi connectivity index (χ0) is 17.9. The van der Waals surface area contributed by atoms with Gasteiger partial charge >= 0.3 is 0 Å². The Morgan fingerprint density at radius 2 is 1.96 bits per heavy atom. The Hall–Kier alpha value is -2.43. The number of benzene rings is 1. The van der Waals surface area contributed by atoms with Crippen LogP contribution in [0.1, 0.15) is 51.2 Å². The Balaban J connectivity index is 2.31. The third kappa shape index (κ3) is 3.72. The van der Waals surface area contributed by atoms with Crippen molar-refractivity contribution >= 4 is 28.9 Å². The summed E-state index contributed by atoms with van der Waals surface area (Å²) in [4.78, 5) is 24.2. The van der Waals surface area contributed by atoms with Gasteiger partial charge in [-0.1, -0.05) is 19.4 Å². The summed E-state index contributed by atoms with van der Waals surface area (Å²) in [7, 11) is 0. The maximum absolute atomic E-state index is 12.7. The summed E-state index contributed by atoms with van der Waals surface area (Å²) >= 11 is 0. The van der Waals surface area contributed by atoms with E-state index in [9.17, 15) is 9.59 Å². The fraction of sp³-hybridized carbons (Fsp3) is 0.421. The van der Waals surface area contributed by atoms with Crippen LogP contribution in [-0.4, -0.2) is 17.5 Å². The molecule has 5 heteroatoms.